The molecule has 34 heavy (non-hydrogen) atoms. The van der Waals surface area contributed by atoms with Gasteiger partial charge in [-0.2, -0.15) is 0 Å². The Kier molecular flexibility index (Phi) is 9.03. The average Bonchev–Trinajstić information content (AvgIpc) is 2.84. The van der Waals surface area contributed by atoms with Gasteiger partial charge in [-0.1, -0.05) is 0 Å². The Labute approximate surface area is 197 Å². The van der Waals surface area contributed by atoms with E-state index in [1.54, 1.807) is 45.4 Å². The minimum Gasteiger partial charge on any atom is -0.507 e. The van der Waals surface area contributed by atoms with Crippen molar-refractivity contribution in [3.63, 3.8) is 0 Å². The van der Waals surface area contributed by atoms with Gasteiger partial charge in [-0.25, -0.2) is 4.79 Å². The van der Waals surface area contributed by atoms with E-state index in [0.29, 0.717) is 49.7 Å². The number of carbonyl (C=O) groups is 1. The molecular weight excluding hydrogens is 442 g/mol. The summed E-state index contributed by atoms with van der Waals surface area (Å²) in [5.41, 5.74) is 0.783. The van der Waals surface area contributed by atoms with Gasteiger partial charge in [0.1, 0.15) is 23.3 Å². The van der Waals surface area contributed by atoms with Crippen LogP contribution in [0.4, 0.5) is 0 Å². The molecule has 182 valence electrons. The molecule has 0 fully saturated rings. The number of phenolic OH excluding ortho intramolecular Hbond substituents is 1. The van der Waals surface area contributed by atoms with Crippen molar-refractivity contribution in [1.82, 2.24) is 4.90 Å². The number of carbonyl (C=O) groups excluding carboxylic acids is 1. The maximum Gasteiger partial charge on any atom is 0.338 e. The number of ether oxygens (including phenoxy) is 4. The topological polar surface area (TPSA) is 108 Å². The number of hydrogen-bond donors (Lipinski definition) is 1. The van der Waals surface area contributed by atoms with Gasteiger partial charge in [0.2, 0.25) is 11.2 Å². The van der Waals surface area contributed by atoms with Gasteiger partial charge in [0.15, 0.2) is 0 Å². The molecular formula is C25H29NO8. The van der Waals surface area contributed by atoms with E-state index in [1.807, 2.05) is 4.90 Å². The van der Waals surface area contributed by atoms with Crippen LogP contribution in [0.15, 0.2) is 51.9 Å². The smallest absolute Gasteiger partial charge is 0.338 e. The second-order valence-electron chi connectivity index (χ2n) is 7.48. The van der Waals surface area contributed by atoms with E-state index >= 15 is 0 Å². The van der Waals surface area contributed by atoms with Crippen molar-refractivity contribution in [2.24, 2.45) is 0 Å². The molecule has 0 saturated carbocycles. The Bertz CT molecular complexity index is 1150. The first-order chi connectivity index (χ1) is 16.5. The maximum atomic E-state index is 13.1. The molecule has 9 heteroatoms. The van der Waals surface area contributed by atoms with E-state index < -0.39 is 5.97 Å². The molecule has 1 N–H and O–H groups in total. The first kappa shape index (κ1) is 25.2. The molecule has 0 unspecified atom stereocenters. The zero-order valence-electron chi connectivity index (χ0n) is 19.5. The van der Waals surface area contributed by atoms with Gasteiger partial charge in [0.25, 0.3) is 0 Å². The lowest BCUT2D eigenvalue weighted by molar-refractivity contribution is 0.0526. The summed E-state index contributed by atoms with van der Waals surface area (Å²) in [6.07, 6.45) is 1.22. The lowest BCUT2D eigenvalue weighted by atomic mass is 10.1. The molecule has 0 saturated heterocycles. The summed E-state index contributed by atoms with van der Waals surface area (Å²) >= 11 is 0. The van der Waals surface area contributed by atoms with Crippen molar-refractivity contribution in [1.29, 1.82) is 0 Å². The molecule has 0 amide bonds. The number of phenols is 1. The molecule has 1 heterocycles. The molecule has 0 aliphatic rings. The molecule has 3 rings (SSSR count). The van der Waals surface area contributed by atoms with E-state index in [9.17, 15) is 14.7 Å². The molecule has 1 aromatic heterocycles. The molecule has 0 aliphatic heterocycles. The van der Waals surface area contributed by atoms with E-state index in [1.165, 1.54) is 18.4 Å². The standard InChI is InChI=1S/C25H29NO8/c1-4-32-25(29)17-5-7-18(8-6-17)34-22-16-33-24-19(23(22)28)9-10-21(27)20(24)15-26(11-13-30-2)12-14-31-3/h5-10,16,27H,4,11-15H2,1-3H3. The Balaban J connectivity index is 1.87. The third kappa shape index (κ3) is 6.13. The predicted octanol–water partition coefficient (Wildman–Crippen LogP) is 3.56. The Morgan fingerprint density at radius 3 is 2.32 bits per heavy atom. The first-order valence-electron chi connectivity index (χ1n) is 10.9. The number of esters is 1. The summed E-state index contributed by atoms with van der Waals surface area (Å²) in [7, 11) is 3.24. The van der Waals surface area contributed by atoms with E-state index in [0.717, 1.165) is 0 Å². The van der Waals surface area contributed by atoms with Crippen LogP contribution in [-0.2, 0) is 20.8 Å². The largest absolute Gasteiger partial charge is 0.507 e. The Morgan fingerprint density at radius 1 is 1.03 bits per heavy atom. The van der Waals surface area contributed by atoms with Gasteiger partial charge in [-0.05, 0) is 43.3 Å². The Morgan fingerprint density at radius 2 is 1.71 bits per heavy atom. The summed E-state index contributed by atoms with van der Waals surface area (Å²) in [4.78, 5) is 26.9. The number of fused-ring (bicyclic) bond motifs is 1. The van der Waals surface area contributed by atoms with E-state index in [-0.39, 0.29) is 34.5 Å². The first-order valence-corrected chi connectivity index (χ1v) is 10.9. The third-order valence-corrected chi connectivity index (χ3v) is 5.19. The zero-order chi connectivity index (χ0) is 24.5. The van der Waals surface area contributed by atoms with Crippen LogP contribution in [-0.4, -0.2) is 63.1 Å². The lowest BCUT2D eigenvalue weighted by Crippen LogP contribution is -2.30. The Hall–Kier alpha value is -3.40. The maximum absolute atomic E-state index is 13.1. The second-order valence-corrected chi connectivity index (χ2v) is 7.48. The lowest BCUT2D eigenvalue weighted by Gasteiger charge is -2.22. The molecule has 0 spiro atoms. The third-order valence-electron chi connectivity index (χ3n) is 5.19. The highest BCUT2D eigenvalue weighted by atomic mass is 16.5. The molecule has 0 aliphatic carbocycles. The van der Waals surface area contributed by atoms with Crippen LogP contribution in [0.3, 0.4) is 0 Å². The van der Waals surface area contributed by atoms with Crippen LogP contribution < -0.4 is 10.2 Å². The molecule has 9 nitrogen and oxygen atoms in total. The molecule has 0 atom stereocenters. The summed E-state index contributed by atoms with van der Waals surface area (Å²) in [5, 5.41) is 10.8. The number of hydrogen-bond acceptors (Lipinski definition) is 9. The highest BCUT2D eigenvalue weighted by molar-refractivity contribution is 5.89. The van der Waals surface area contributed by atoms with Gasteiger partial charge >= 0.3 is 5.97 Å². The van der Waals surface area contributed by atoms with E-state index in [2.05, 4.69) is 0 Å². The summed E-state index contributed by atoms with van der Waals surface area (Å²) in [5.74, 6) is -0.0528. The molecule has 0 bridgehead atoms. The highest BCUT2D eigenvalue weighted by Gasteiger charge is 2.18. The van der Waals surface area contributed by atoms with Crippen molar-refractivity contribution in [3.8, 4) is 17.2 Å². The van der Waals surface area contributed by atoms with Crippen molar-refractivity contribution in [2.75, 3.05) is 47.1 Å². The number of benzene rings is 2. The second kappa shape index (κ2) is 12.2. The van der Waals surface area contributed by atoms with Gasteiger partial charge in [0, 0.05) is 33.9 Å². The van der Waals surface area contributed by atoms with Crippen molar-refractivity contribution in [3.05, 3.63) is 64.0 Å². The summed E-state index contributed by atoms with van der Waals surface area (Å²) in [6.45, 7) is 4.60. The zero-order valence-corrected chi connectivity index (χ0v) is 19.5. The fourth-order valence-electron chi connectivity index (χ4n) is 3.39. The van der Waals surface area contributed by atoms with Crippen molar-refractivity contribution >= 4 is 16.9 Å². The van der Waals surface area contributed by atoms with Crippen LogP contribution in [0.5, 0.6) is 17.2 Å². The number of methoxy groups -OCH3 is 2. The number of nitrogens with zero attached hydrogens (tertiary/aromatic N) is 1. The molecule has 2 aromatic carbocycles. The number of rotatable bonds is 12. The summed E-state index contributed by atoms with van der Waals surface area (Å²) in [6, 6.07) is 9.23. The number of aromatic hydroxyl groups is 1. The van der Waals surface area contributed by atoms with Gasteiger partial charge < -0.3 is 28.5 Å². The fraction of sp³-hybridized carbons (Fsp3) is 0.360. The van der Waals surface area contributed by atoms with Gasteiger partial charge in [-0.15, -0.1) is 0 Å². The normalized spacial score (nSPS) is 11.2. The fourth-order valence-corrected chi connectivity index (χ4v) is 3.39. The minimum atomic E-state index is -0.434. The summed E-state index contributed by atoms with van der Waals surface area (Å²) < 4.78 is 26.8. The van der Waals surface area contributed by atoms with Crippen LogP contribution in [0.1, 0.15) is 22.8 Å². The SMILES string of the molecule is CCOC(=O)c1ccc(Oc2coc3c(CN(CCOC)CCOC)c(O)ccc3c2=O)cc1. The average molecular weight is 472 g/mol. The molecule has 0 radical (unpaired) electrons. The van der Waals surface area contributed by atoms with Crippen LogP contribution in [0.25, 0.3) is 11.0 Å². The van der Waals surface area contributed by atoms with E-state index in [4.69, 9.17) is 23.4 Å². The van der Waals surface area contributed by atoms with Gasteiger partial charge in [-0.3, -0.25) is 9.69 Å². The molecule has 3 aromatic rings. The minimum absolute atomic E-state index is 0.0105. The van der Waals surface area contributed by atoms with Gasteiger partial charge in [0.05, 0.1) is 36.3 Å². The van der Waals surface area contributed by atoms with Crippen LogP contribution >= 0.6 is 0 Å². The quantitative estimate of drug-likeness (QED) is 0.397. The highest BCUT2D eigenvalue weighted by Crippen LogP contribution is 2.29. The monoisotopic (exact) mass is 471 g/mol. The van der Waals surface area contributed by atoms with Crippen molar-refractivity contribution in [2.45, 2.75) is 13.5 Å². The predicted molar refractivity (Wildman–Crippen MR) is 126 cm³/mol. The van der Waals surface area contributed by atoms with Crippen LogP contribution in [0, 0.1) is 0 Å². The van der Waals surface area contributed by atoms with Crippen molar-refractivity contribution < 1.29 is 33.3 Å². The van der Waals surface area contributed by atoms with Crippen LogP contribution in [0.2, 0.25) is 0 Å².